The molecule has 1 amide bonds. The smallest absolute Gasteiger partial charge is 0.416 e. The number of nitrogens with zero attached hydrogens (tertiary/aromatic N) is 2. The average Bonchev–Trinajstić information content (AvgIpc) is 3.15. The number of rotatable bonds is 6. The number of esters is 1. The zero-order valence-electron chi connectivity index (χ0n) is 18.3. The third-order valence-electron chi connectivity index (χ3n) is 4.49. The van der Waals surface area contributed by atoms with Gasteiger partial charge in [-0.1, -0.05) is 12.1 Å². The number of ether oxygens (including phenoxy) is 3. The van der Waals surface area contributed by atoms with Gasteiger partial charge in [-0.05, 0) is 63.6 Å². The van der Waals surface area contributed by atoms with E-state index in [0.29, 0.717) is 18.0 Å². The van der Waals surface area contributed by atoms with Gasteiger partial charge in [-0.25, -0.2) is 14.7 Å². The van der Waals surface area contributed by atoms with Gasteiger partial charge in [-0.3, -0.25) is 4.79 Å². The summed E-state index contributed by atoms with van der Waals surface area (Å²) in [5, 5.41) is 0.883. The van der Waals surface area contributed by atoms with E-state index in [4.69, 9.17) is 14.2 Å². The molecule has 0 saturated carbocycles. The van der Waals surface area contributed by atoms with Crippen molar-refractivity contribution in [3.63, 3.8) is 0 Å². The largest absolute Gasteiger partial charge is 0.486 e. The first-order valence-corrected chi connectivity index (χ1v) is 10.6. The van der Waals surface area contributed by atoms with E-state index in [-0.39, 0.29) is 6.73 Å². The molecule has 164 valence electrons. The molecule has 0 aliphatic carbocycles. The number of carbonyl (C=O) groups is 2. The molecule has 0 spiro atoms. The Morgan fingerprint density at radius 3 is 2.52 bits per heavy atom. The lowest BCUT2D eigenvalue weighted by atomic mass is 9.98. The van der Waals surface area contributed by atoms with Crippen LogP contribution in [0.3, 0.4) is 0 Å². The maximum absolute atomic E-state index is 12.3. The molecule has 0 aliphatic rings. The lowest BCUT2D eigenvalue weighted by molar-refractivity contribution is -0.152. The lowest BCUT2D eigenvalue weighted by Gasteiger charge is -2.25. The van der Waals surface area contributed by atoms with E-state index in [2.05, 4.69) is 4.98 Å². The summed E-state index contributed by atoms with van der Waals surface area (Å²) in [5.41, 5.74) is 1.63. The molecule has 3 aromatic rings. The number of carbonyl (C=O) groups excluding carboxylic acids is 2. The number of benzene rings is 2. The molecule has 31 heavy (non-hydrogen) atoms. The number of hydrogen-bond donors (Lipinski definition) is 0. The minimum absolute atomic E-state index is 0.241. The Morgan fingerprint density at radius 1 is 1.13 bits per heavy atom. The number of thiazole rings is 1. The Bertz CT molecular complexity index is 1050. The highest BCUT2D eigenvalue weighted by atomic mass is 32.1. The molecule has 0 radical (unpaired) electrons. The van der Waals surface area contributed by atoms with Crippen molar-refractivity contribution in [3.8, 4) is 5.75 Å². The predicted octanol–water partition coefficient (Wildman–Crippen LogP) is 5.30. The summed E-state index contributed by atoms with van der Waals surface area (Å²) in [6.07, 6.45) is -0.618. The topological polar surface area (TPSA) is 78.0 Å². The summed E-state index contributed by atoms with van der Waals surface area (Å²) in [6, 6.07) is 13.3. The Labute approximate surface area is 185 Å². The van der Waals surface area contributed by atoms with Crippen molar-refractivity contribution in [1.82, 2.24) is 4.98 Å². The summed E-state index contributed by atoms with van der Waals surface area (Å²) in [4.78, 5) is 30.2. The average molecular weight is 443 g/mol. The van der Waals surface area contributed by atoms with Crippen LogP contribution in [0, 0.1) is 12.3 Å². The third kappa shape index (κ3) is 5.52. The number of hydrogen-bond acceptors (Lipinski definition) is 7. The van der Waals surface area contributed by atoms with Crippen molar-refractivity contribution in [1.29, 1.82) is 0 Å². The zero-order valence-corrected chi connectivity index (χ0v) is 19.1. The number of fused-ring (bicyclic) bond motifs is 1. The molecule has 0 N–H and O–H groups in total. The monoisotopic (exact) mass is 442 g/mol. The van der Waals surface area contributed by atoms with Crippen LogP contribution in [0.25, 0.3) is 10.2 Å². The molecule has 0 bridgehead atoms. The van der Waals surface area contributed by atoms with Gasteiger partial charge >= 0.3 is 12.1 Å². The number of aromatic nitrogens is 1. The molecule has 1 heterocycles. The first kappa shape index (κ1) is 22.6. The van der Waals surface area contributed by atoms with Crippen LogP contribution in [-0.4, -0.2) is 30.9 Å². The quantitative estimate of drug-likeness (QED) is 0.381. The molecule has 0 aliphatic heterocycles. The normalized spacial score (nSPS) is 11.3. The van der Waals surface area contributed by atoms with Crippen LogP contribution in [0.4, 0.5) is 10.5 Å². The van der Waals surface area contributed by atoms with Crippen molar-refractivity contribution in [2.75, 3.05) is 18.7 Å². The van der Waals surface area contributed by atoms with Gasteiger partial charge in [0.25, 0.3) is 0 Å². The molecule has 0 saturated heterocycles. The highest BCUT2D eigenvalue weighted by Crippen LogP contribution is 2.28. The summed E-state index contributed by atoms with van der Waals surface area (Å²) >= 11 is 1.59. The molecule has 1 aromatic heterocycles. The first-order valence-electron chi connectivity index (χ1n) is 9.79. The van der Waals surface area contributed by atoms with Gasteiger partial charge in [0, 0.05) is 0 Å². The van der Waals surface area contributed by atoms with Crippen LogP contribution >= 0.6 is 11.3 Å². The molecule has 3 rings (SSSR count). The van der Waals surface area contributed by atoms with Gasteiger partial charge in [0.2, 0.25) is 0 Å². The number of para-hydroxylation sites is 1. The summed E-state index contributed by atoms with van der Waals surface area (Å²) < 4.78 is 17.2. The van der Waals surface area contributed by atoms with Crippen LogP contribution < -0.4 is 9.64 Å². The molecule has 0 fully saturated rings. The standard InChI is InChI=1S/C23H26N2O5S/c1-15-12-16(29-13-20-24-17-8-6-7-9-19(17)31-20)10-11-18(15)25(22(27)28-5)14-30-21(26)23(2,3)4/h6-12H,13-14H2,1-5H3. The number of aryl methyl sites for hydroxylation is 1. The molecular formula is C23H26N2O5S. The fourth-order valence-electron chi connectivity index (χ4n) is 2.82. The van der Waals surface area contributed by atoms with E-state index in [1.165, 1.54) is 12.0 Å². The SMILES string of the molecule is COC(=O)N(COC(=O)C(C)(C)C)c1ccc(OCc2nc3ccccc3s2)cc1C. The van der Waals surface area contributed by atoms with Gasteiger partial charge in [0.15, 0.2) is 6.73 Å². The van der Waals surface area contributed by atoms with Crippen LogP contribution in [-0.2, 0) is 20.9 Å². The number of anilines is 1. The molecule has 0 unspecified atom stereocenters. The van der Waals surface area contributed by atoms with Crippen LogP contribution in [0.2, 0.25) is 0 Å². The van der Waals surface area contributed by atoms with Gasteiger partial charge in [-0.15, -0.1) is 11.3 Å². The Balaban J connectivity index is 1.71. The highest BCUT2D eigenvalue weighted by molar-refractivity contribution is 7.18. The third-order valence-corrected chi connectivity index (χ3v) is 5.50. The maximum Gasteiger partial charge on any atom is 0.416 e. The lowest BCUT2D eigenvalue weighted by Crippen LogP contribution is -2.36. The van der Waals surface area contributed by atoms with E-state index in [1.807, 2.05) is 37.3 Å². The molecular weight excluding hydrogens is 416 g/mol. The second-order valence-electron chi connectivity index (χ2n) is 8.02. The Morgan fingerprint density at radius 2 is 1.87 bits per heavy atom. The fourth-order valence-corrected chi connectivity index (χ4v) is 3.70. The second-order valence-corrected chi connectivity index (χ2v) is 9.14. The second kappa shape index (κ2) is 9.34. The van der Waals surface area contributed by atoms with E-state index in [1.54, 1.807) is 44.2 Å². The highest BCUT2D eigenvalue weighted by Gasteiger charge is 2.26. The van der Waals surface area contributed by atoms with Crippen LogP contribution in [0.15, 0.2) is 42.5 Å². The van der Waals surface area contributed by atoms with E-state index >= 15 is 0 Å². The summed E-state index contributed by atoms with van der Waals surface area (Å²) in [7, 11) is 1.28. The minimum atomic E-state index is -0.671. The molecule has 8 heteroatoms. The van der Waals surface area contributed by atoms with Crippen molar-refractivity contribution in [2.24, 2.45) is 5.41 Å². The van der Waals surface area contributed by atoms with Gasteiger partial charge < -0.3 is 14.2 Å². The van der Waals surface area contributed by atoms with E-state index in [0.717, 1.165) is 20.8 Å². The van der Waals surface area contributed by atoms with Crippen molar-refractivity contribution >= 4 is 39.3 Å². The predicted molar refractivity (Wildman–Crippen MR) is 120 cm³/mol. The number of methoxy groups -OCH3 is 1. The van der Waals surface area contributed by atoms with Gasteiger partial charge in [0.05, 0.1) is 28.4 Å². The Kier molecular flexibility index (Phi) is 6.80. The van der Waals surface area contributed by atoms with E-state index < -0.39 is 17.5 Å². The fraction of sp³-hybridized carbons (Fsp3) is 0.348. The van der Waals surface area contributed by atoms with Crippen molar-refractivity contribution in [2.45, 2.75) is 34.3 Å². The van der Waals surface area contributed by atoms with Crippen LogP contribution in [0.5, 0.6) is 5.75 Å². The minimum Gasteiger partial charge on any atom is -0.486 e. The van der Waals surface area contributed by atoms with Gasteiger partial charge in [0.1, 0.15) is 17.4 Å². The molecule has 2 aromatic carbocycles. The van der Waals surface area contributed by atoms with E-state index in [9.17, 15) is 9.59 Å². The van der Waals surface area contributed by atoms with Crippen LogP contribution in [0.1, 0.15) is 31.3 Å². The van der Waals surface area contributed by atoms with Crippen molar-refractivity contribution in [3.05, 3.63) is 53.0 Å². The summed E-state index contributed by atoms with van der Waals surface area (Å²) in [6.45, 7) is 7.21. The Hall–Kier alpha value is -3.13. The zero-order chi connectivity index (χ0) is 22.6. The number of amides is 1. The molecule has 7 nitrogen and oxygen atoms in total. The van der Waals surface area contributed by atoms with Crippen molar-refractivity contribution < 1.29 is 23.8 Å². The maximum atomic E-state index is 12.3. The molecule has 0 atom stereocenters. The summed E-state index contributed by atoms with van der Waals surface area (Å²) in [5.74, 6) is 0.242. The van der Waals surface area contributed by atoms with Gasteiger partial charge in [-0.2, -0.15) is 0 Å². The first-order chi connectivity index (χ1) is 14.7.